The lowest BCUT2D eigenvalue weighted by Gasteiger charge is -2.37. The smallest absolute Gasteiger partial charge is 0.101 e. The van der Waals surface area contributed by atoms with E-state index in [1.165, 1.54) is 0 Å². The van der Waals surface area contributed by atoms with Crippen LogP contribution in [0.5, 0.6) is 0 Å². The molecule has 1 N–H and O–H groups in total. The van der Waals surface area contributed by atoms with E-state index in [1.807, 2.05) is 7.05 Å². The maximum Gasteiger partial charge on any atom is 0.101 e. The summed E-state index contributed by atoms with van der Waals surface area (Å²) in [6, 6.07) is 0. The molecule has 0 radical (unpaired) electrons. The van der Waals surface area contributed by atoms with Gasteiger partial charge in [-0.15, -0.1) is 0 Å². The van der Waals surface area contributed by atoms with Crippen LogP contribution in [0.2, 0.25) is 0 Å². The third kappa shape index (κ3) is 3.63. The van der Waals surface area contributed by atoms with Crippen molar-refractivity contribution in [1.82, 2.24) is 4.90 Å². The Morgan fingerprint density at radius 2 is 2.31 bits per heavy atom. The highest BCUT2D eigenvalue weighted by Crippen LogP contribution is 2.20. The van der Waals surface area contributed by atoms with Gasteiger partial charge in [0.15, 0.2) is 0 Å². The number of ether oxygens (including phenoxy) is 1. The van der Waals surface area contributed by atoms with Crippen molar-refractivity contribution >= 4 is 0 Å². The van der Waals surface area contributed by atoms with Gasteiger partial charge in [-0.05, 0) is 32.9 Å². The van der Waals surface area contributed by atoms with Crippen molar-refractivity contribution in [2.45, 2.75) is 31.8 Å². The third-order valence-corrected chi connectivity index (χ3v) is 2.47. The Morgan fingerprint density at radius 3 is 2.92 bits per heavy atom. The fourth-order valence-electron chi connectivity index (χ4n) is 1.86. The second-order valence-electron chi connectivity index (χ2n) is 4.12. The number of hydrogen-bond donors (Lipinski definition) is 1. The summed E-state index contributed by atoms with van der Waals surface area (Å²) in [6.07, 6.45) is 2.97. The molecule has 1 unspecified atom stereocenters. The van der Waals surface area contributed by atoms with E-state index in [0.29, 0.717) is 6.61 Å². The Bertz CT molecular complexity index is 152. The van der Waals surface area contributed by atoms with Crippen molar-refractivity contribution in [3.63, 3.8) is 0 Å². The number of aliphatic hydroxyl groups is 1. The topological polar surface area (TPSA) is 32.7 Å². The average Bonchev–Trinajstić information content (AvgIpc) is 2.04. The van der Waals surface area contributed by atoms with Gasteiger partial charge in [0.05, 0.1) is 6.61 Å². The van der Waals surface area contributed by atoms with Crippen LogP contribution in [0, 0.1) is 0 Å². The molecule has 0 aliphatic carbocycles. The molecule has 1 rings (SSSR count). The summed E-state index contributed by atoms with van der Waals surface area (Å²) in [6.45, 7) is 5.17. The zero-order valence-corrected chi connectivity index (χ0v) is 8.75. The molecule has 1 aliphatic heterocycles. The van der Waals surface area contributed by atoms with Crippen LogP contribution in [0.4, 0.5) is 0 Å². The van der Waals surface area contributed by atoms with Gasteiger partial charge in [0.25, 0.3) is 0 Å². The van der Waals surface area contributed by atoms with Gasteiger partial charge in [0.1, 0.15) is 5.60 Å². The number of hydrogen-bond acceptors (Lipinski definition) is 3. The van der Waals surface area contributed by atoms with Gasteiger partial charge < -0.3 is 14.7 Å². The molecule has 1 atom stereocenters. The number of rotatable bonds is 4. The minimum Gasteiger partial charge on any atom is -0.386 e. The van der Waals surface area contributed by atoms with Crippen molar-refractivity contribution in [2.75, 3.05) is 33.4 Å². The number of likely N-dealkylation sites (N-methyl/N-ethyl adjacent to an activating group) is 1. The Labute approximate surface area is 80.7 Å². The summed E-state index contributed by atoms with van der Waals surface area (Å²) < 4.78 is 5.40. The Morgan fingerprint density at radius 1 is 1.54 bits per heavy atom. The van der Waals surface area contributed by atoms with Crippen LogP contribution in [0.1, 0.15) is 26.2 Å². The molecular weight excluding hydrogens is 166 g/mol. The molecule has 0 amide bonds. The second-order valence-corrected chi connectivity index (χ2v) is 4.12. The summed E-state index contributed by atoms with van der Waals surface area (Å²) >= 11 is 0. The summed E-state index contributed by atoms with van der Waals surface area (Å²) in [4.78, 5) is 2.17. The molecule has 1 aliphatic rings. The molecule has 13 heavy (non-hydrogen) atoms. The molecule has 1 heterocycles. The van der Waals surface area contributed by atoms with E-state index in [9.17, 15) is 5.11 Å². The van der Waals surface area contributed by atoms with Gasteiger partial charge in [-0.2, -0.15) is 0 Å². The summed E-state index contributed by atoms with van der Waals surface area (Å²) in [5, 5.41) is 10.1. The molecule has 78 valence electrons. The van der Waals surface area contributed by atoms with E-state index < -0.39 is 5.60 Å². The van der Waals surface area contributed by atoms with E-state index in [4.69, 9.17) is 4.74 Å². The van der Waals surface area contributed by atoms with E-state index >= 15 is 0 Å². The van der Waals surface area contributed by atoms with Crippen LogP contribution >= 0.6 is 0 Å². The summed E-state index contributed by atoms with van der Waals surface area (Å²) in [5.41, 5.74) is -0.595. The maximum absolute atomic E-state index is 10.1. The average molecular weight is 187 g/mol. The fraction of sp³-hybridized carbons (Fsp3) is 1.00. The SMILES string of the molecule is CCCOCC1(O)CCCN(C)C1. The van der Waals surface area contributed by atoms with Crippen molar-refractivity contribution in [1.29, 1.82) is 0 Å². The van der Waals surface area contributed by atoms with E-state index in [1.54, 1.807) is 0 Å². The lowest BCUT2D eigenvalue weighted by Crippen LogP contribution is -2.49. The van der Waals surface area contributed by atoms with Crippen molar-refractivity contribution in [3.05, 3.63) is 0 Å². The molecule has 3 heteroatoms. The van der Waals surface area contributed by atoms with Crippen LogP contribution < -0.4 is 0 Å². The van der Waals surface area contributed by atoms with Crippen LogP contribution in [0.3, 0.4) is 0 Å². The number of nitrogens with zero attached hydrogens (tertiary/aromatic N) is 1. The van der Waals surface area contributed by atoms with Gasteiger partial charge in [0.2, 0.25) is 0 Å². The van der Waals surface area contributed by atoms with Crippen LogP contribution in [0.25, 0.3) is 0 Å². The van der Waals surface area contributed by atoms with Crippen molar-refractivity contribution < 1.29 is 9.84 Å². The summed E-state index contributed by atoms with van der Waals surface area (Å²) in [7, 11) is 2.05. The first-order valence-corrected chi connectivity index (χ1v) is 5.15. The molecular formula is C10H21NO2. The first-order valence-electron chi connectivity index (χ1n) is 5.15. The van der Waals surface area contributed by atoms with Crippen LogP contribution in [-0.4, -0.2) is 49.0 Å². The molecule has 0 aromatic heterocycles. The maximum atomic E-state index is 10.1. The zero-order chi connectivity index (χ0) is 9.73. The molecule has 0 saturated carbocycles. The normalized spacial score (nSPS) is 30.7. The molecule has 0 spiro atoms. The predicted octanol–water partition coefficient (Wildman–Crippen LogP) is 0.870. The monoisotopic (exact) mass is 187 g/mol. The van der Waals surface area contributed by atoms with Crippen molar-refractivity contribution in [3.8, 4) is 0 Å². The molecule has 1 fully saturated rings. The second kappa shape index (κ2) is 4.94. The first-order chi connectivity index (χ1) is 6.16. The number of piperidine rings is 1. The molecule has 0 aromatic carbocycles. The molecule has 0 bridgehead atoms. The first kappa shape index (κ1) is 11.0. The molecule has 3 nitrogen and oxygen atoms in total. The van der Waals surface area contributed by atoms with Crippen molar-refractivity contribution in [2.24, 2.45) is 0 Å². The third-order valence-electron chi connectivity index (χ3n) is 2.47. The lowest BCUT2D eigenvalue weighted by atomic mass is 9.94. The van der Waals surface area contributed by atoms with Crippen LogP contribution in [0.15, 0.2) is 0 Å². The van der Waals surface area contributed by atoms with Gasteiger partial charge in [-0.3, -0.25) is 0 Å². The van der Waals surface area contributed by atoms with Crippen LogP contribution in [-0.2, 0) is 4.74 Å². The Kier molecular flexibility index (Phi) is 4.16. The lowest BCUT2D eigenvalue weighted by molar-refractivity contribution is -0.0828. The van der Waals surface area contributed by atoms with E-state index in [-0.39, 0.29) is 0 Å². The highest BCUT2D eigenvalue weighted by atomic mass is 16.5. The highest BCUT2D eigenvalue weighted by molar-refractivity contribution is 4.85. The Hall–Kier alpha value is -0.120. The number of β-amino-alcohol motifs (C(OH)–C–C–N with tert-alkyl or cyclic N) is 1. The fourth-order valence-corrected chi connectivity index (χ4v) is 1.86. The quantitative estimate of drug-likeness (QED) is 0.663. The Balaban J connectivity index is 2.27. The minimum atomic E-state index is -0.595. The number of likely N-dealkylation sites (tertiary alicyclic amines) is 1. The van der Waals surface area contributed by atoms with Gasteiger partial charge in [-0.1, -0.05) is 6.92 Å². The highest BCUT2D eigenvalue weighted by Gasteiger charge is 2.31. The van der Waals surface area contributed by atoms with Gasteiger partial charge in [0, 0.05) is 13.2 Å². The largest absolute Gasteiger partial charge is 0.386 e. The van der Waals surface area contributed by atoms with E-state index in [0.717, 1.165) is 39.0 Å². The minimum absolute atomic E-state index is 0.491. The summed E-state index contributed by atoms with van der Waals surface area (Å²) in [5.74, 6) is 0. The standard InChI is InChI=1S/C10H21NO2/c1-3-7-13-9-10(12)5-4-6-11(2)8-10/h12H,3-9H2,1-2H3. The predicted molar refractivity (Wildman–Crippen MR) is 52.8 cm³/mol. The molecule has 0 aromatic rings. The zero-order valence-electron chi connectivity index (χ0n) is 8.75. The van der Waals surface area contributed by atoms with Gasteiger partial charge >= 0.3 is 0 Å². The molecule has 1 saturated heterocycles. The van der Waals surface area contributed by atoms with E-state index in [2.05, 4.69) is 11.8 Å². The van der Waals surface area contributed by atoms with Gasteiger partial charge in [-0.25, -0.2) is 0 Å².